The van der Waals surface area contributed by atoms with E-state index in [2.05, 4.69) is 9.97 Å². The predicted molar refractivity (Wildman–Crippen MR) is 91.8 cm³/mol. The first-order valence-electron chi connectivity index (χ1n) is 7.48. The first kappa shape index (κ1) is 13.6. The van der Waals surface area contributed by atoms with E-state index in [0.717, 1.165) is 16.7 Å². The third-order valence-electron chi connectivity index (χ3n) is 4.18. The van der Waals surface area contributed by atoms with Crippen molar-refractivity contribution in [2.45, 2.75) is 13.0 Å². The van der Waals surface area contributed by atoms with Gasteiger partial charge in [0.05, 0.1) is 22.6 Å². The number of hydrogen-bond acceptors (Lipinski definition) is 3. The lowest BCUT2D eigenvalue weighted by Gasteiger charge is -2.24. The number of aliphatic hydroxyl groups is 1. The standard InChI is InChI=1S/C18H16N4O/c1-11-16(23)15(17(19)22(11)12-7-3-2-4-8-12)18-20-13-9-5-6-10-14(13)21-18/h2-11,19,23H,1H3,(H,20,21)/t11-/m1/s1. The van der Waals surface area contributed by atoms with Crippen molar-refractivity contribution in [2.24, 2.45) is 0 Å². The maximum Gasteiger partial charge on any atom is 0.145 e. The molecule has 23 heavy (non-hydrogen) atoms. The molecular formula is C18H16N4O. The second-order valence-corrected chi connectivity index (χ2v) is 5.59. The van der Waals surface area contributed by atoms with Gasteiger partial charge < -0.3 is 15.0 Å². The molecule has 0 spiro atoms. The SMILES string of the molecule is C[C@@H]1C(O)=C(c2nc3ccccc3[nH]2)C(=N)N1c1ccccc1. The zero-order chi connectivity index (χ0) is 16.0. The topological polar surface area (TPSA) is 76.0 Å². The Bertz CT molecular complexity index is 893. The summed E-state index contributed by atoms with van der Waals surface area (Å²) < 4.78 is 0. The van der Waals surface area contributed by atoms with Gasteiger partial charge in [-0.15, -0.1) is 0 Å². The summed E-state index contributed by atoms with van der Waals surface area (Å²) in [5.74, 6) is 0.942. The molecule has 0 saturated carbocycles. The second-order valence-electron chi connectivity index (χ2n) is 5.59. The number of aromatic nitrogens is 2. The monoisotopic (exact) mass is 304 g/mol. The van der Waals surface area contributed by atoms with Crippen LogP contribution < -0.4 is 4.90 Å². The van der Waals surface area contributed by atoms with Gasteiger partial charge in [0.1, 0.15) is 17.4 Å². The van der Waals surface area contributed by atoms with Crippen LogP contribution >= 0.6 is 0 Å². The largest absolute Gasteiger partial charge is 0.509 e. The summed E-state index contributed by atoms with van der Waals surface area (Å²) in [5.41, 5.74) is 3.04. The van der Waals surface area contributed by atoms with Gasteiger partial charge in [-0.05, 0) is 31.2 Å². The van der Waals surface area contributed by atoms with Gasteiger partial charge in [-0.25, -0.2) is 4.98 Å². The number of nitrogens with one attached hydrogen (secondary N) is 2. The quantitative estimate of drug-likeness (QED) is 0.675. The van der Waals surface area contributed by atoms with E-state index in [0.29, 0.717) is 11.4 Å². The first-order valence-corrected chi connectivity index (χ1v) is 7.48. The highest BCUT2D eigenvalue weighted by Crippen LogP contribution is 2.34. The molecule has 1 aromatic heterocycles. The highest BCUT2D eigenvalue weighted by Gasteiger charge is 2.37. The van der Waals surface area contributed by atoms with Gasteiger partial charge in [-0.2, -0.15) is 0 Å². The molecule has 3 N–H and O–H groups in total. The number of rotatable bonds is 2. The van der Waals surface area contributed by atoms with Crippen LogP contribution in [0.2, 0.25) is 0 Å². The third-order valence-corrected chi connectivity index (χ3v) is 4.18. The van der Waals surface area contributed by atoms with Gasteiger partial charge in [0.2, 0.25) is 0 Å². The van der Waals surface area contributed by atoms with E-state index in [1.54, 1.807) is 4.90 Å². The number of aliphatic hydroxyl groups excluding tert-OH is 1. The lowest BCUT2D eigenvalue weighted by atomic mass is 10.2. The van der Waals surface area contributed by atoms with Crippen LogP contribution in [-0.2, 0) is 0 Å². The Labute approximate surface area is 133 Å². The fourth-order valence-corrected chi connectivity index (χ4v) is 3.01. The Morgan fingerprint density at radius 2 is 1.78 bits per heavy atom. The molecule has 3 aromatic rings. The molecule has 0 unspecified atom stereocenters. The molecule has 5 nitrogen and oxygen atoms in total. The molecular weight excluding hydrogens is 288 g/mol. The average Bonchev–Trinajstić information content (AvgIpc) is 3.07. The summed E-state index contributed by atoms with van der Waals surface area (Å²) in [6, 6.07) is 17.0. The molecule has 0 bridgehead atoms. The van der Waals surface area contributed by atoms with Crippen molar-refractivity contribution < 1.29 is 5.11 Å². The van der Waals surface area contributed by atoms with Crippen LogP contribution in [0.3, 0.4) is 0 Å². The number of aromatic amines is 1. The van der Waals surface area contributed by atoms with Crippen molar-refractivity contribution in [3.63, 3.8) is 0 Å². The van der Waals surface area contributed by atoms with E-state index >= 15 is 0 Å². The van der Waals surface area contributed by atoms with Crippen molar-refractivity contribution >= 4 is 28.1 Å². The van der Waals surface area contributed by atoms with E-state index in [1.807, 2.05) is 61.5 Å². The zero-order valence-corrected chi connectivity index (χ0v) is 12.6. The summed E-state index contributed by atoms with van der Waals surface area (Å²) in [6.45, 7) is 1.88. The normalized spacial score (nSPS) is 18.2. The maximum absolute atomic E-state index is 10.6. The fraction of sp³-hybridized carbons (Fsp3) is 0.111. The van der Waals surface area contributed by atoms with Gasteiger partial charge in [-0.3, -0.25) is 5.41 Å². The molecule has 1 aliphatic heterocycles. The van der Waals surface area contributed by atoms with E-state index in [1.165, 1.54) is 0 Å². The molecule has 0 amide bonds. The molecule has 1 aliphatic rings. The number of para-hydroxylation sites is 3. The Morgan fingerprint density at radius 3 is 2.52 bits per heavy atom. The summed E-state index contributed by atoms with van der Waals surface area (Å²) in [5, 5.41) is 19.1. The lowest BCUT2D eigenvalue weighted by Crippen LogP contribution is -2.33. The average molecular weight is 304 g/mol. The number of fused-ring (bicyclic) bond motifs is 1. The van der Waals surface area contributed by atoms with Crippen LogP contribution in [0.4, 0.5) is 5.69 Å². The first-order chi connectivity index (χ1) is 11.2. The van der Waals surface area contributed by atoms with Crippen LogP contribution in [0.15, 0.2) is 60.4 Å². The van der Waals surface area contributed by atoms with Crippen LogP contribution in [0.5, 0.6) is 0 Å². The number of hydrogen-bond donors (Lipinski definition) is 3. The Hall–Kier alpha value is -3.08. The number of amidine groups is 1. The van der Waals surface area contributed by atoms with Gasteiger partial charge in [0.25, 0.3) is 0 Å². The number of imidazole rings is 1. The fourth-order valence-electron chi connectivity index (χ4n) is 3.01. The van der Waals surface area contributed by atoms with E-state index < -0.39 is 0 Å². The van der Waals surface area contributed by atoms with Gasteiger partial charge >= 0.3 is 0 Å². The van der Waals surface area contributed by atoms with Crippen molar-refractivity contribution in [1.82, 2.24) is 9.97 Å². The number of benzene rings is 2. The van der Waals surface area contributed by atoms with E-state index in [4.69, 9.17) is 5.41 Å². The van der Waals surface area contributed by atoms with Crippen LogP contribution in [0.1, 0.15) is 12.7 Å². The summed E-state index contributed by atoms with van der Waals surface area (Å²) in [7, 11) is 0. The highest BCUT2D eigenvalue weighted by molar-refractivity contribution is 6.30. The number of H-pyrrole nitrogens is 1. The Balaban J connectivity index is 1.81. The molecule has 0 saturated heterocycles. The second kappa shape index (κ2) is 4.98. The van der Waals surface area contributed by atoms with Crippen molar-refractivity contribution in [3.05, 3.63) is 66.2 Å². The molecule has 114 valence electrons. The number of nitrogens with zero attached hydrogens (tertiary/aromatic N) is 2. The molecule has 0 radical (unpaired) electrons. The summed E-state index contributed by atoms with van der Waals surface area (Å²) in [4.78, 5) is 9.52. The number of anilines is 1. The van der Waals surface area contributed by atoms with E-state index in [-0.39, 0.29) is 17.6 Å². The molecule has 2 aromatic carbocycles. The minimum atomic E-state index is -0.298. The van der Waals surface area contributed by atoms with Gasteiger partial charge in [-0.1, -0.05) is 30.3 Å². The lowest BCUT2D eigenvalue weighted by molar-refractivity contribution is 0.384. The Kier molecular flexibility index (Phi) is 2.94. The molecule has 1 atom stereocenters. The molecule has 5 heteroatoms. The minimum Gasteiger partial charge on any atom is -0.509 e. The third kappa shape index (κ3) is 2.01. The zero-order valence-electron chi connectivity index (χ0n) is 12.6. The van der Waals surface area contributed by atoms with Crippen molar-refractivity contribution in [3.8, 4) is 0 Å². The Morgan fingerprint density at radius 1 is 1.09 bits per heavy atom. The smallest absolute Gasteiger partial charge is 0.145 e. The van der Waals surface area contributed by atoms with E-state index in [9.17, 15) is 5.11 Å². The van der Waals surface area contributed by atoms with Crippen LogP contribution in [-0.4, -0.2) is 27.0 Å². The van der Waals surface area contributed by atoms with Crippen molar-refractivity contribution in [1.29, 1.82) is 5.41 Å². The molecule has 0 aliphatic carbocycles. The van der Waals surface area contributed by atoms with Gasteiger partial charge in [0.15, 0.2) is 0 Å². The highest BCUT2D eigenvalue weighted by atomic mass is 16.3. The summed E-state index contributed by atoms with van der Waals surface area (Å²) in [6.07, 6.45) is 0. The summed E-state index contributed by atoms with van der Waals surface area (Å²) >= 11 is 0. The maximum atomic E-state index is 10.6. The minimum absolute atomic E-state index is 0.165. The molecule has 2 heterocycles. The molecule has 4 rings (SSSR count). The van der Waals surface area contributed by atoms with Gasteiger partial charge in [0, 0.05) is 5.69 Å². The van der Waals surface area contributed by atoms with Crippen LogP contribution in [0, 0.1) is 5.41 Å². The predicted octanol–water partition coefficient (Wildman–Crippen LogP) is 3.72. The van der Waals surface area contributed by atoms with Crippen LogP contribution in [0.25, 0.3) is 16.6 Å². The molecule has 0 fully saturated rings. The van der Waals surface area contributed by atoms with Crippen molar-refractivity contribution in [2.75, 3.05) is 4.90 Å².